The number of hydrogen-bond acceptors (Lipinski definition) is 5. The van der Waals surface area contributed by atoms with Gasteiger partial charge in [-0.3, -0.25) is 4.79 Å². The van der Waals surface area contributed by atoms with Crippen LogP contribution in [0.1, 0.15) is 28.1 Å². The number of aryl methyl sites for hydroxylation is 1. The minimum absolute atomic E-state index is 0.0430. The predicted molar refractivity (Wildman–Crippen MR) is 101 cm³/mol. The molecule has 1 atom stereocenters. The van der Waals surface area contributed by atoms with Crippen LogP contribution in [0.15, 0.2) is 36.7 Å². The Morgan fingerprint density at radius 2 is 2.15 bits per heavy atom. The van der Waals surface area contributed by atoms with Gasteiger partial charge >= 0.3 is 0 Å². The number of aromatic nitrogens is 2. The predicted octanol–water partition coefficient (Wildman–Crippen LogP) is 3.54. The van der Waals surface area contributed by atoms with Gasteiger partial charge in [-0.1, -0.05) is 0 Å². The molecular weight excluding hydrogens is 351 g/mol. The first-order valence-corrected chi connectivity index (χ1v) is 9.45. The summed E-state index contributed by atoms with van der Waals surface area (Å²) in [6.07, 6.45) is 5.35. The van der Waals surface area contributed by atoms with Crippen molar-refractivity contribution in [3.63, 3.8) is 0 Å². The van der Waals surface area contributed by atoms with Gasteiger partial charge in [-0.05, 0) is 55.0 Å². The Balaban J connectivity index is 1.50. The summed E-state index contributed by atoms with van der Waals surface area (Å²) in [6.45, 7) is 3.45. The molecule has 5 nitrogen and oxygen atoms in total. The molecule has 0 spiro atoms. The summed E-state index contributed by atoms with van der Waals surface area (Å²) in [5.41, 5.74) is 0.834. The van der Waals surface area contributed by atoms with E-state index >= 15 is 0 Å². The van der Waals surface area contributed by atoms with Gasteiger partial charge in [-0.25, -0.2) is 14.4 Å². The van der Waals surface area contributed by atoms with Crippen molar-refractivity contribution in [1.82, 2.24) is 15.3 Å². The maximum absolute atomic E-state index is 13.5. The summed E-state index contributed by atoms with van der Waals surface area (Å²) in [4.78, 5) is 24.1. The Morgan fingerprint density at radius 1 is 1.35 bits per heavy atom. The third kappa shape index (κ3) is 3.26. The molecule has 26 heavy (non-hydrogen) atoms. The smallest absolute Gasteiger partial charge is 0.261 e. The molecule has 0 bridgehead atoms. The average molecular weight is 370 g/mol. The average Bonchev–Trinajstić information content (AvgIpc) is 2.99. The number of amides is 1. The molecule has 1 unspecified atom stereocenters. The molecule has 1 aromatic carbocycles. The third-order valence-corrected chi connectivity index (χ3v) is 5.97. The van der Waals surface area contributed by atoms with E-state index in [1.165, 1.54) is 23.5 Å². The summed E-state index contributed by atoms with van der Waals surface area (Å²) in [5.74, 6) is 0.320. The lowest BCUT2D eigenvalue weighted by atomic mass is 10.1. The van der Waals surface area contributed by atoms with Crippen LogP contribution >= 0.6 is 11.3 Å². The molecule has 4 rings (SSSR count). The molecule has 1 saturated heterocycles. The van der Waals surface area contributed by atoms with Crippen LogP contribution in [0.5, 0.6) is 0 Å². The number of fused-ring (bicyclic) bond motifs is 1. The van der Waals surface area contributed by atoms with Gasteiger partial charge in [0.15, 0.2) is 0 Å². The van der Waals surface area contributed by atoms with Crippen LogP contribution < -0.4 is 10.2 Å². The van der Waals surface area contributed by atoms with Crippen molar-refractivity contribution in [3.05, 3.63) is 52.9 Å². The Labute approximate surface area is 154 Å². The maximum atomic E-state index is 13.5. The lowest BCUT2D eigenvalue weighted by Gasteiger charge is -2.33. The number of nitrogens with one attached hydrogen (secondary N) is 1. The highest BCUT2D eigenvalue weighted by atomic mass is 32.1. The van der Waals surface area contributed by atoms with Gasteiger partial charge in [0.25, 0.3) is 5.91 Å². The van der Waals surface area contributed by atoms with Crippen molar-refractivity contribution in [2.75, 3.05) is 18.0 Å². The molecule has 0 aliphatic carbocycles. The van der Waals surface area contributed by atoms with Crippen molar-refractivity contribution in [3.8, 4) is 0 Å². The summed E-state index contributed by atoms with van der Waals surface area (Å²) in [5, 5.41) is 3.94. The highest BCUT2D eigenvalue weighted by molar-refractivity contribution is 7.21. The summed E-state index contributed by atoms with van der Waals surface area (Å²) >= 11 is 1.41. The van der Waals surface area contributed by atoms with Gasteiger partial charge in [-0.2, -0.15) is 0 Å². The summed E-state index contributed by atoms with van der Waals surface area (Å²) in [7, 11) is 0. The Hall–Kier alpha value is -2.54. The van der Waals surface area contributed by atoms with E-state index in [0.717, 1.165) is 35.0 Å². The van der Waals surface area contributed by atoms with E-state index in [1.807, 2.05) is 6.92 Å². The second kappa shape index (κ2) is 6.99. The van der Waals surface area contributed by atoms with Crippen LogP contribution in [-0.4, -0.2) is 35.0 Å². The number of carbonyl (C=O) groups excluding carboxylic acids is 1. The monoisotopic (exact) mass is 370 g/mol. The number of thiophene rings is 1. The molecule has 3 heterocycles. The molecule has 1 N–H and O–H groups in total. The van der Waals surface area contributed by atoms with Crippen molar-refractivity contribution in [2.45, 2.75) is 25.8 Å². The van der Waals surface area contributed by atoms with Crippen molar-refractivity contribution < 1.29 is 9.18 Å². The van der Waals surface area contributed by atoms with E-state index in [0.29, 0.717) is 17.4 Å². The highest BCUT2D eigenvalue weighted by Gasteiger charge is 2.25. The van der Waals surface area contributed by atoms with Crippen LogP contribution in [0.3, 0.4) is 0 Å². The number of benzene rings is 1. The first-order chi connectivity index (χ1) is 12.6. The second-order valence-electron chi connectivity index (χ2n) is 6.50. The lowest BCUT2D eigenvalue weighted by Crippen LogP contribution is -2.48. The fourth-order valence-corrected chi connectivity index (χ4v) is 4.48. The van der Waals surface area contributed by atoms with E-state index in [-0.39, 0.29) is 17.8 Å². The zero-order valence-electron chi connectivity index (χ0n) is 14.4. The van der Waals surface area contributed by atoms with Crippen LogP contribution in [0.4, 0.5) is 10.3 Å². The molecule has 1 aliphatic rings. The van der Waals surface area contributed by atoms with Crippen LogP contribution in [-0.2, 0) is 0 Å². The molecule has 0 saturated carbocycles. The Kier molecular flexibility index (Phi) is 4.55. The first kappa shape index (κ1) is 16.9. The number of halogens is 1. The van der Waals surface area contributed by atoms with Gasteiger partial charge in [0.2, 0.25) is 5.95 Å². The van der Waals surface area contributed by atoms with Crippen LogP contribution in [0, 0.1) is 12.7 Å². The number of anilines is 1. The zero-order chi connectivity index (χ0) is 18.1. The quantitative estimate of drug-likeness (QED) is 0.766. The fourth-order valence-electron chi connectivity index (χ4n) is 3.39. The molecule has 134 valence electrons. The lowest BCUT2D eigenvalue weighted by molar-refractivity contribution is 0.0936. The third-order valence-electron chi connectivity index (χ3n) is 4.70. The van der Waals surface area contributed by atoms with Crippen LogP contribution in [0.25, 0.3) is 10.1 Å². The largest absolute Gasteiger partial charge is 0.347 e. The second-order valence-corrected chi connectivity index (χ2v) is 7.56. The topological polar surface area (TPSA) is 58.1 Å². The number of rotatable bonds is 3. The van der Waals surface area contributed by atoms with Gasteiger partial charge in [-0.15, -0.1) is 11.3 Å². The number of nitrogens with zero attached hydrogens (tertiary/aromatic N) is 3. The SMILES string of the molecule is Cc1c(C(=O)NC2CCCN(c3ncccn3)C2)sc2ccc(F)cc12. The van der Waals surface area contributed by atoms with Gasteiger partial charge in [0.05, 0.1) is 4.88 Å². The fraction of sp³-hybridized carbons (Fsp3) is 0.316. The molecule has 1 fully saturated rings. The van der Waals surface area contributed by atoms with E-state index in [1.54, 1.807) is 24.5 Å². The Morgan fingerprint density at radius 3 is 2.96 bits per heavy atom. The maximum Gasteiger partial charge on any atom is 0.261 e. The summed E-state index contributed by atoms with van der Waals surface area (Å²) in [6, 6.07) is 6.49. The summed E-state index contributed by atoms with van der Waals surface area (Å²) < 4.78 is 14.4. The van der Waals surface area contributed by atoms with Crippen LogP contribution in [0.2, 0.25) is 0 Å². The highest BCUT2D eigenvalue weighted by Crippen LogP contribution is 2.31. The van der Waals surface area contributed by atoms with Gasteiger partial charge in [0.1, 0.15) is 5.82 Å². The minimum atomic E-state index is -0.281. The van der Waals surface area contributed by atoms with Gasteiger partial charge in [0, 0.05) is 36.2 Å². The standard InChI is InChI=1S/C19H19FN4OS/c1-12-15-10-13(20)5-6-16(15)26-17(12)18(25)23-14-4-2-9-24(11-14)19-21-7-3-8-22-19/h3,5-8,10,14H,2,4,9,11H2,1H3,(H,23,25). The number of piperidine rings is 1. The van der Waals surface area contributed by atoms with Crippen molar-refractivity contribution in [1.29, 1.82) is 0 Å². The normalized spacial score (nSPS) is 17.5. The molecule has 1 amide bonds. The first-order valence-electron chi connectivity index (χ1n) is 8.63. The minimum Gasteiger partial charge on any atom is -0.347 e. The molecule has 1 aliphatic heterocycles. The van der Waals surface area contributed by atoms with E-state index in [2.05, 4.69) is 20.2 Å². The Bertz CT molecular complexity index is 943. The molecule has 3 aromatic rings. The molecule has 2 aromatic heterocycles. The zero-order valence-corrected chi connectivity index (χ0v) is 15.2. The van der Waals surface area contributed by atoms with E-state index < -0.39 is 0 Å². The van der Waals surface area contributed by atoms with Gasteiger partial charge < -0.3 is 10.2 Å². The van der Waals surface area contributed by atoms with E-state index in [9.17, 15) is 9.18 Å². The molecule has 7 heteroatoms. The molecular formula is C19H19FN4OS. The van der Waals surface area contributed by atoms with Crippen molar-refractivity contribution in [2.24, 2.45) is 0 Å². The number of hydrogen-bond donors (Lipinski definition) is 1. The number of carbonyl (C=O) groups is 1. The van der Waals surface area contributed by atoms with Crippen molar-refractivity contribution >= 4 is 33.3 Å². The molecule has 0 radical (unpaired) electrons. The van der Waals surface area contributed by atoms with E-state index in [4.69, 9.17) is 0 Å².